The molecule has 4 atom stereocenters. The van der Waals surface area contributed by atoms with Gasteiger partial charge in [-0.2, -0.15) is 0 Å². The van der Waals surface area contributed by atoms with Crippen LogP contribution in [-0.2, 0) is 14.4 Å². The number of hydrogen-bond donors (Lipinski definition) is 3. The van der Waals surface area contributed by atoms with E-state index in [4.69, 9.17) is 4.52 Å². The van der Waals surface area contributed by atoms with Crippen LogP contribution >= 0.6 is 11.3 Å². The van der Waals surface area contributed by atoms with Gasteiger partial charge >= 0.3 is 5.97 Å². The molecule has 10 nitrogen and oxygen atoms in total. The summed E-state index contributed by atoms with van der Waals surface area (Å²) in [5.74, 6) is -2.33. The van der Waals surface area contributed by atoms with Crippen LogP contribution in [0.25, 0.3) is 10.4 Å². The summed E-state index contributed by atoms with van der Waals surface area (Å²) in [5.41, 5.74) is 4.89. The number of likely N-dealkylation sites (tertiary alicyclic amines) is 1. The predicted molar refractivity (Wildman–Crippen MR) is 140 cm³/mol. The first-order valence-corrected chi connectivity index (χ1v) is 13.4. The van der Waals surface area contributed by atoms with E-state index in [-0.39, 0.29) is 31.2 Å². The lowest BCUT2D eigenvalue weighted by Crippen LogP contribution is -2.49. The van der Waals surface area contributed by atoms with Crippen molar-refractivity contribution in [3.63, 3.8) is 0 Å². The molecule has 4 rings (SSSR count). The SMILES string of the molecule is Cc1cc(C(C(=O)N2C[C@H](O)C[C@H]2C(=O)N[C@@H](CC(=O)O)c2ccc(-c3scnc3C)cc2)C(C)C)on1. The summed E-state index contributed by atoms with van der Waals surface area (Å²) in [6, 6.07) is 7.26. The number of nitrogens with zero attached hydrogens (tertiary/aromatic N) is 3. The number of aliphatic hydroxyl groups excluding tert-OH is 1. The number of aryl methyl sites for hydroxylation is 2. The van der Waals surface area contributed by atoms with Crippen molar-refractivity contribution >= 4 is 29.1 Å². The number of nitrogens with one attached hydrogen (secondary N) is 1. The molecule has 0 saturated carbocycles. The van der Waals surface area contributed by atoms with Crippen LogP contribution in [-0.4, -0.2) is 61.7 Å². The number of aliphatic carboxylic acids is 1. The zero-order valence-corrected chi connectivity index (χ0v) is 22.6. The molecule has 38 heavy (non-hydrogen) atoms. The Labute approximate surface area is 224 Å². The summed E-state index contributed by atoms with van der Waals surface area (Å²) >= 11 is 1.52. The van der Waals surface area contributed by atoms with Gasteiger partial charge in [-0.05, 0) is 30.9 Å². The highest BCUT2D eigenvalue weighted by molar-refractivity contribution is 7.13. The number of rotatable bonds is 9. The highest BCUT2D eigenvalue weighted by atomic mass is 32.1. The number of aromatic nitrogens is 2. The second-order valence-electron chi connectivity index (χ2n) is 10.0. The molecule has 202 valence electrons. The lowest BCUT2D eigenvalue weighted by Gasteiger charge is -2.30. The summed E-state index contributed by atoms with van der Waals surface area (Å²) < 4.78 is 5.37. The lowest BCUT2D eigenvalue weighted by atomic mass is 9.91. The molecule has 0 radical (unpaired) electrons. The first-order valence-electron chi connectivity index (χ1n) is 12.5. The average Bonchev–Trinajstić information content (AvgIpc) is 3.58. The van der Waals surface area contributed by atoms with Gasteiger partial charge in [0.05, 0.1) is 40.3 Å². The van der Waals surface area contributed by atoms with Crippen LogP contribution in [0.2, 0.25) is 0 Å². The van der Waals surface area contributed by atoms with Crippen molar-refractivity contribution < 1.29 is 29.1 Å². The van der Waals surface area contributed by atoms with Gasteiger partial charge in [0, 0.05) is 19.0 Å². The molecule has 0 spiro atoms. The minimum Gasteiger partial charge on any atom is -0.481 e. The number of hydrogen-bond acceptors (Lipinski definition) is 8. The molecule has 0 bridgehead atoms. The maximum atomic E-state index is 13.6. The minimum absolute atomic E-state index is 0.000244. The van der Waals surface area contributed by atoms with E-state index >= 15 is 0 Å². The van der Waals surface area contributed by atoms with Crippen molar-refractivity contribution in [1.29, 1.82) is 0 Å². The number of carboxylic acid groups (broad SMARTS) is 1. The summed E-state index contributed by atoms with van der Waals surface area (Å²) in [6.07, 6.45) is -1.15. The van der Waals surface area contributed by atoms with Gasteiger partial charge in [-0.3, -0.25) is 14.4 Å². The molecule has 3 heterocycles. The molecule has 0 aliphatic carbocycles. The predicted octanol–water partition coefficient (Wildman–Crippen LogP) is 3.45. The Morgan fingerprint density at radius 2 is 1.92 bits per heavy atom. The van der Waals surface area contributed by atoms with Crippen molar-refractivity contribution in [2.75, 3.05) is 6.54 Å². The first-order chi connectivity index (χ1) is 18.0. The first kappa shape index (κ1) is 27.5. The van der Waals surface area contributed by atoms with Crippen LogP contribution in [0.5, 0.6) is 0 Å². The van der Waals surface area contributed by atoms with Gasteiger partial charge in [-0.25, -0.2) is 4.98 Å². The minimum atomic E-state index is -1.07. The zero-order chi connectivity index (χ0) is 27.6. The summed E-state index contributed by atoms with van der Waals surface area (Å²) in [4.78, 5) is 45.4. The Kier molecular flexibility index (Phi) is 8.27. The van der Waals surface area contributed by atoms with Crippen LogP contribution in [0.1, 0.15) is 61.4 Å². The van der Waals surface area contributed by atoms with E-state index in [2.05, 4.69) is 15.5 Å². The molecular weight excluding hydrogens is 508 g/mol. The molecule has 2 amide bonds. The molecule has 11 heteroatoms. The fourth-order valence-corrected chi connectivity index (χ4v) is 5.70. The van der Waals surface area contributed by atoms with E-state index in [1.165, 1.54) is 16.2 Å². The maximum absolute atomic E-state index is 13.6. The molecule has 3 aromatic rings. The molecule has 1 aromatic carbocycles. The standard InChI is InChI=1S/C27H32N4O6S/c1-14(2)24(22-9-15(3)30-37-22)27(36)31-12-19(32)10-21(31)26(35)29-20(11-23(33)34)17-5-7-18(8-6-17)25-16(4)28-13-38-25/h5-9,13-14,19-21,24,32H,10-12H2,1-4H3,(H,29,35)(H,33,34)/t19-,20+,21+,24?/m1/s1. The molecular formula is C27H32N4O6S. The van der Waals surface area contributed by atoms with Crippen LogP contribution in [0, 0.1) is 19.8 Å². The number of carboxylic acids is 1. The van der Waals surface area contributed by atoms with Crippen LogP contribution < -0.4 is 5.32 Å². The maximum Gasteiger partial charge on any atom is 0.305 e. The van der Waals surface area contributed by atoms with E-state index < -0.39 is 36.0 Å². The Hall–Kier alpha value is -3.57. The Balaban J connectivity index is 1.55. The van der Waals surface area contributed by atoms with E-state index in [1.54, 1.807) is 30.6 Å². The number of carbonyl (C=O) groups is 3. The highest BCUT2D eigenvalue weighted by Crippen LogP contribution is 2.32. The molecule has 2 aromatic heterocycles. The number of carbonyl (C=O) groups excluding carboxylic acids is 2. The molecule has 1 unspecified atom stereocenters. The number of amides is 2. The third kappa shape index (κ3) is 5.94. The van der Waals surface area contributed by atoms with E-state index in [0.717, 1.165) is 16.1 Å². The van der Waals surface area contributed by atoms with Gasteiger partial charge in [0.2, 0.25) is 11.8 Å². The Morgan fingerprint density at radius 1 is 1.21 bits per heavy atom. The fourth-order valence-electron chi connectivity index (χ4n) is 4.89. The molecule has 1 aliphatic rings. The largest absolute Gasteiger partial charge is 0.481 e. The quantitative estimate of drug-likeness (QED) is 0.374. The fraction of sp³-hybridized carbons (Fsp3) is 0.444. The van der Waals surface area contributed by atoms with Gasteiger partial charge in [-0.1, -0.05) is 43.3 Å². The van der Waals surface area contributed by atoms with E-state index in [1.807, 2.05) is 32.9 Å². The highest BCUT2D eigenvalue weighted by Gasteiger charge is 2.43. The van der Waals surface area contributed by atoms with Crippen molar-refractivity contribution in [2.24, 2.45) is 5.92 Å². The van der Waals surface area contributed by atoms with Crippen LogP contribution in [0.15, 0.2) is 40.4 Å². The normalized spacial score (nSPS) is 18.9. The third-order valence-electron chi connectivity index (χ3n) is 6.77. The Morgan fingerprint density at radius 3 is 2.47 bits per heavy atom. The van der Waals surface area contributed by atoms with Crippen molar-refractivity contribution in [1.82, 2.24) is 20.4 Å². The van der Waals surface area contributed by atoms with Crippen LogP contribution in [0.4, 0.5) is 0 Å². The van der Waals surface area contributed by atoms with Gasteiger partial charge in [0.15, 0.2) is 0 Å². The molecule has 1 aliphatic heterocycles. The summed E-state index contributed by atoms with van der Waals surface area (Å²) in [6.45, 7) is 7.44. The van der Waals surface area contributed by atoms with E-state index in [9.17, 15) is 24.6 Å². The van der Waals surface area contributed by atoms with Crippen molar-refractivity contribution in [3.05, 3.63) is 58.6 Å². The molecule has 1 saturated heterocycles. The summed E-state index contributed by atoms with van der Waals surface area (Å²) in [5, 5.41) is 26.6. The number of thiazole rings is 1. The summed E-state index contributed by atoms with van der Waals surface area (Å²) in [7, 11) is 0. The van der Waals surface area contributed by atoms with E-state index in [0.29, 0.717) is 17.0 Å². The Bertz CT molecular complexity index is 1300. The zero-order valence-electron chi connectivity index (χ0n) is 21.7. The van der Waals surface area contributed by atoms with Crippen molar-refractivity contribution in [3.8, 4) is 10.4 Å². The smallest absolute Gasteiger partial charge is 0.305 e. The second-order valence-corrected chi connectivity index (χ2v) is 10.9. The van der Waals surface area contributed by atoms with Gasteiger partial charge in [-0.15, -0.1) is 11.3 Å². The van der Waals surface area contributed by atoms with Gasteiger partial charge in [0.1, 0.15) is 17.7 Å². The number of β-amino-alcohol motifs (C(OH)–C–C–N with tert-alkyl or cyclic N) is 1. The second kappa shape index (κ2) is 11.4. The molecule has 3 N–H and O–H groups in total. The number of aliphatic hydroxyl groups is 1. The molecule has 1 fully saturated rings. The third-order valence-corrected chi connectivity index (χ3v) is 7.74. The number of benzene rings is 1. The van der Waals surface area contributed by atoms with Gasteiger partial charge < -0.3 is 25.0 Å². The van der Waals surface area contributed by atoms with Crippen molar-refractivity contribution in [2.45, 2.75) is 64.6 Å². The average molecular weight is 541 g/mol. The lowest BCUT2D eigenvalue weighted by molar-refractivity contribution is -0.142. The van der Waals surface area contributed by atoms with Crippen LogP contribution in [0.3, 0.4) is 0 Å². The monoisotopic (exact) mass is 540 g/mol. The topological polar surface area (TPSA) is 146 Å². The van der Waals surface area contributed by atoms with Gasteiger partial charge in [0.25, 0.3) is 0 Å².